The molecule has 0 aromatic heterocycles. The first-order valence-electron chi connectivity index (χ1n) is 7.07. The molecule has 1 fully saturated rings. The number of hydrogen-bond acceptors (Lipinski definition) is 3. The van der Waals surface area contributed by atoms with Gasteiger partial charge in [-0.2, -0.15) is 0 Å². The number of rotatable bonds is 6. The van der Waals surface area contributed by atoms with Gasteiger partial charge < -0.3 is 10.1 Å². The molecule has 1 aliphatic rings. The fourth-order valence-electron chi connectivity index (χ4n) is 2.74. The molecular formula is C14H27NO2. The highest BCUT2D eigenvalue weighted by atomic mass is 16.5. The van der Waals surface area contributed by atoms with E-state index in [1.165, 1.54) is 32.1 Å². The van der Waals surface area contributed by atoms with Gasteiger partial charge in [-0.05, 0) is 32.6 Å². The van der Waals surface area contributed by atoms with Crippen molar-refractivity contribution in [2.75, 3.05) is 6.61 Å². The molecule has 0 aromatic carbocycles. The SMILES string of the molecule is CCOC(=O)CC(C)NC1CCCC(CC)C1. The van der Waals surface area contributed by atoms with Gasteiger partial charge in [0.2, 0.25) is 0 Å². The number of carbonyl (C=O) groups is 1. The molecule has 3 unspecified atom stereocenters. The van der Waals surface area contributed by atoms with Gasteiger partial charge in [-0.25, -0.2) is 0 Å². The van der Waals surface area contributed by atoms with Crippen LogP contribution in [0.1, 0.15) is 59.3 Å². The van der Waals surface area contributed by atoms with E-state index in [4.69, 9.17) is 4.74 Å². The average molecular weight is 241 g/mol. The van der Waals surface area contributed by atoms with E-state index < -0.39 is 0 Å². The van der Waals surface area contributed by atoms with Gasteiger partial charge in [-0.3, -0.25) is 4.79 Å². The van der Waals surface area contributed by atoms with Crippen molar-refractivity contribution in [3.8, 4) is 0 Å². The lowest BCUT2D eigenvalue weighted by molar-refractivity contribution is -0.143. The minimum Gasteiger partial charge on any atom is -0.466 e. The molecule has 3 heteroatoms. The zero-order chi connectivity index (χ0) is 12.7. The number of esters is 1. The van der Waals surface area contributed by atoms with Crippen LogP contribution < -0.4 is 5.32 Å². The quantitative estimate of drug-likeness (QED) is 0.727. The second kappa shape index (κ2) is 7.70. The maximum Gasteiger partial charge on any atom is 0.307 e. The summed E-state index contributed by atoms with van der Waals surface area (Å²) in [6.45, 7) is 6.68. The summed E-state index contributed by atoms with van der Waals surface area (Å²) in [6.07, 6.45) is 6.99. The Kier molecular flexibility index (Phi) is 6.56. The zero-order valence-corrected chi connectivity index (χ0v) is 11.5. The van der Waals surface area contributed by atoms with E-state index in [1.807, 2.05) is 6.92 Å². The van der Waals surface area contributed by atoms with Crippen molar-refractivity contribution in [3.05, 3.63) is 0 Å². The van der Waals surface area contributed by atoms with Gasteiger partial charge in [-0.1, -0.05) is 26.2 Å². The van der Waals surface area contributed by atoms with Crippen molar-refractivity contribution in [2.24, 2.45) is 5.92 Å². The zero-order valence-electron chi connectivity index (χ0n) is 11.5. The Hall–Kier alpha value is -0.570. The lowest BCUT2D eigenvalue weighted by atomic mass is 9.84. The number of nitrogens with one attached hydrogen (secondary N) is 1. The lowest BCUT2D eigenvalue weighted by Crippen LogP contribution is -2.40. The van der Waals surface area contributed by atoms with Crippen LogP contribution in [0, 0.1) is 5.92 Å². The van der Waals surface area contributed by atoms with Gasteiger partial charge in [0.1, 0.15) is 0 Å². The van der Waals surface area contributed by atoms with Gasteiger partial charge >= 0.3 is 5.97 Å². The summed E-state index contributed by atoms with van der Waals surface area (Å²) in [5.41, 5.74) is 0. The molecular weight excluding hydrogens is 214 g/mol. The number of ether oxygens (including phenoxy) is 1. The van der Waals surface area contributed by atoms with E-state index >= 15 is 0 Å². The normalized spacial score (nSPS) is 26.5. The average Bonchev–Trinajstić information content (AvgIpc) is 2.29. The number of carbonyl (C=O) groups excluding carboxylic acids is 1. The predicted molar refractivity (Wildman–Crippen MR) is 69.9 cm³/mol. The Morgan fingerprint density at radius 1 is 1.41 bits per heavy atom. The molecule has 0 spiro atoms. The molecule has 0 aliphatic heterocycles. The second-order valence-corrected chi connectivity index (χ2v) is 5.21. The first kappa shape index (κ1) is 14.5. The molecule has 17 heavy (non-hydrogen) atoms. The van der Waals surface area contributed by atoms with E-state index in [1.54, 1.807) is 0 Å². The summed E-state index contributed by atoms with van der Waals surface area (Å²) < 4.78 is 4.97. The first-order valence-corrected chi connectivity index (χ1v) is 7.07. The van der Waals surface area contributed by atoms with Crippen LogP contribution in [0.2, 0.25) is 0 Å². The molecule has 1 N–H and O–H groups in total. The van der Waals surface area contributed by atoms with Crippen LogP contribution >= 0.6 is 0 Å². The molecule has 1 aliphatic carbocycles. The van der Waals surface area contributed by atoms with E-state index in [0.717, 1.165) is 5.92 Å². The summed E-state index contributed by atoms with van der Waals surface area (Å²) >= 11 is 0. The largest absolute Gasteiger partial charge is 0.466 e. The van der Waals surface area contributed by atoms with Crippen molar-refractivity contribution in [2.45, 2.75) is 71.4 Å². The third kappa shape index (κ3) is 5.53. The fourth-order valence-corrected chi connectivity index (χ4v) is 2.74. The molecule has 1 saturated carbocycles. The Labute approximate surface area is 105 Å². The van der Waals surface area contributed by atoms with Crippen LogP contribution in [-0.4, -0.2) is 24.7 Å². The summed E-state index contributed by atoms with van der Waals surface area (Å²) in [6, 6.07) is 0.827. The van der Waals surface area contributed by atoms with Gasteiger partial charge in [0.15, 0.2) is 0 Å². The van der Waals surface area contributed by atoms with Crippen LogP contribution in [-0.2, 0) is 9.53 Å². The Balaban J connectivity index is 2.25. The molecule has 0 heterocycles. The Morgan fingerprint density at radius 2 is 2.18 bits per heavy atom. The smallest absolute Gasteiger partial charge is 0.307 e. The highest BCUT2D eigenvalue weighted by Crippen LogP contribution is 2.26. The molecule has 3 nitrogen and oxygen atoms in total. The molecule has 0 bridgehead atoms. The molecule has 0 radical (unpaired) electrons. The molecule has 1 rings (SSSR count). The summed E-state index contributed by atoms with van der Waals surface area (Å²) in [7, 11) is 0. The Bertz CT molecular complexity index is 230. The number of hydrogen-bond donors (Lipinski definition) is 1. The van der Waals surface area contributed by atoms with Crippen molar-refractivity contribution >= 4 is 5.97 Å². The standard InChI is InChI=1S/C14H27NO2/c1-4-12-7-6-8-13(10-12)15-11(3)9-14(16)17-5-2/h11-13,15H,4-10H2,1-3H3. The minimum atomic E-state index is -0.0876. The van der Waals surface area contributed by atoms with Crippen molar-refractivity contribution in [3.63, 3.8) is 0 Å². The summed E-state index contributed by atoms with van der Waals surface area (Å²) in [5.74, 6) is 0.784. The van der Waals surface area contributed by atoms with Crippen molar-refractivity contribution in [1.29, 1.82) is 0 Å². The van der Waals surface area contributed by atoms with Crippen LogP contribution in [0.15, 0.2) is 0 Å². The summed E-state index contributed by atoms with van der Waals surface area (Å²) in [5, 5.41) is 3.57. The van der Waals surface area contributed by atoms with Gasteiger partial charge in [0, 0.05) is 12.1 Å². The van der Waals surface area contributed by atoms with Crippen LogP contribution in [0.3, 0.4) is 0 Å². The van der Waals surface area contributed by atoms with Crippen LogP contribution in [0.25, 0.3) is 0 Å². The topological polar surface area (TPSA) is 38.3 Å². The third-order valence-electron chi connectivity index (χ3n) is 3.66. The maximum atomic E-state index is 11.4. The highest BCUT2D eigenvalue weighted by molar-refractivity contribution is 5.70. The van der Waals surface area contributed by atoms with Gasteiger partial charge in [0.25, 0.3) is 0 Å². The van der Waals surface area contributed by atoms with E-state index in [2.05, 4.69) is 19.2 Å². The molecule has 0 aromatic rings. The maximum absolute atomic E-state index is 11.4. The lowest BCUT2D eigenvalue weighted by Gasteiger charge is -2.31. The first-order chi connectivity index (χ1) is 8.15. The molecule has 0 amide bonds. The fraction of sp³-hybridized carbons (Fsp3) is 0.929. The van der Waals surface area contributed by atoms with Crippen molar-refractivity contribution < 1.29 is 9.53 Å². The predicted octanol–water partition coefficient (Wildman–Crippen LogP) is 2.89. The van der Waals surface area contributed by atoms with E-state index in [0.29, 0.717) is 19.1 Å². The van der Waals surface area contributed by atoms with Gasteiger partial charge in [-0.15, -0.1) is 0 Å². The molecule has 3 atom stereocenters. The third-order valence-corrected chi connectivity index (χ3v) is 3.66. The Morgan fingerprint density at radius 3 is 2.82 bits per heavy atom. The molecule has 0 saturated heterocycles. The minimum absolute atomic E-state index is 0.0876. The van der Waals surface area contributed by atoms with Crippen LogP contribution in [0.4, 0.5) is 0 Å². The molecule has 100 valence electrons. The monoisotopic (exact) mass is 241 g/mol. The highest BCUT2D eigenvalue weighted by Gasteiger charge is 2.22. The van der Waals surface area contributed by atoms with E-state index in [-0.39, 0.29) is 12.0 Å². The van der Waals surface area contributed by atoms with Crippen LogP contribution in [0.5, 0.6) is 0 Å². The second-order valence-electron chi connectivity index (χ2n) is 5.21. The van der Waals surface area contributed by atoms with Gasteiger partial charge in [0.05, 0.1) is 13.0 Å². The van der Waals surface area contributed by atoms with Crippen molar-refractivity contribution in [1.82, 2.24) is 5.32 Å². The van der Waals surface area contributed by atoms with E-state index in [9.17, 15) is 4.79 Å². The summed E-state index contributed by atoms with van der Waals surface area (Å²) in [4.78, 5) is 11.4.